The molecule has 1 atom stereocenters. The second-order valence-corrected chi connectivity index (χ2v) is 5.67. The first kappa shape index (κ1) is 13.9. The average molecular weight is 277 g/mol. The van der Waals surface area contributed by atoms with Crippen molar-refractivity contribution in [3.8, 4) is 0 Å². The Labute approximate surface area is 120 Å². The van der Waals surface area contributed by atoms with Gasteiger partial charge in [-0.15, -0.1) is 0 Å². The summed E-state index contributed by atoms with van der Waals surface area (Å²) in [5, 5.41) is 0. The second-order valence-electron chi connectivity index (χ2n) is 5.67. The van der Waals surface area contributed by atoms with E-state index in [1.807, 2.05) is 12.3 Å². The summed E-state index contributed by atoms with van der Waals surface area (Å²) < 4.78 is 11.1. The Hall–Kier alpha value is -1.04. The van der Waals surface area contributed by atoms with Crippen LogP contribution in [0.5, 0.6) is 0 Å². The Morgan fingerprint density at radius 1 is 1.25 bits per heavy atom. The largest absolute Gasteiger partial charge is 0.381 e. The van der Waals surface area contributed by atoms with E-state index >= 15 is 0 Å². The minimum Gasteiger partial charge on any atom is -0.381 e. The fourth-order valence-electron chi connectivity index (χ4n) is 2.95. The van der Waals surface area contributed by atoms with Gasteiger partial charge in [0.15, 0.2) is 5.82 Å². The highest BCUT2D eigenvalue weighted by Crippen LogP contribution is 2.25. The molecule has 0 amide bonds. The monoisotopic (exact) mass is 277 g/mol. The molecule has 2 saturated heterocycles. The summed E-state index contributed by atoms with van der Waals surface area (Å²) in [6.07, 6.45) is 6.33. The molecule has 2 aliphatic rings. The Balaban J connectivity index is 1.62. The maximum absolute atomic E-state index is 5.66. The van der Waals surface area contributed by atoms with E-state index in [-0.39, 0.29) is 6.10 Å². The molecule has 0 N–H and O–H groups in total. The van der Waals surface area contributed by atoms with Crippen molar-refractivity contribution in [3.63, 3.8) is 0 Å². The van der Waals surface area contributed by atoms with Crippen LogP contribution in [0.15, 0.2) is 12.3 Å². The van der Waals surface area contributed by atoms with E-state index in [1.165, 1.54) is 0 Å². The van der Waals surface area contributed by atoms with Gasteiger partial charge in [-0.2, -0.15) is 0 Å². The lowest BCUT2D eigenvalue weighted by molar-refractivity contribution is 0.0402. The summed E-state index contributed by atoms with van der Waals surface area (Å²) in [7, 11) is 2.17. The molecule has 1 aromatic rings. The van der Waals surface area contributed by atoms with Gasteiger partial charge >= 0.3 is 0 Å². The highest BCUT2D eigenvalue weighted by atomic mass is 16.5. The fraction of sp³-hybridized carbons (Fsp3) is 0.733. The maximum atomic E-state index is 5.66. The molecular formula is C15H23N3O2. The maximum Gasteiger partial charge on any atom is 0.157 e. The summed E-state index contributed by atoms with van der Waals surface area (Å²) >= 11 is 0. The van der Waals surface area contributed by atoms with Crippen molar-refractivity contribution in [2.24, 2.45) is 0 Å². The van der Waals surface area contributed by atoms with Gasteiger partial charge in [0.05, 0.1) is 5.69 Å². The summed E-state index contributed by atoms with van der Waals surface area (Å²) in [5.41, 5.74) is 1.08. The molecule has 110 valence electrons. The van der Waals surface area contributed by atoms with Crippen molar-refractivity contribution >= 4 is 0 Å². The van der Waals surface area contributed by atoms with Crippen LogP contribution in [0.1, 0.15) is 43.3 Å². The van der Waals surface area contributed by atoms with Gasteiger partial charge < -0.3 is 9.47 Å². The summed E-state index contributed by atoms with van der Waals surface area (Å²) in [6, 6.07) is 2.61. The first-order chi connectivity index (χ1) is 9.83. The lowest BCUT2D eigenvalue weighted by atomic mass is 10.1. The van der Waals surface area contributed by atoms with Crippen LogP contribution >= 0.6 is 0 Å². The van der Waals surface area contributed by atoms with E-state index in [0.717, 1.165) is 63.6 Å². The predicted molar refractivity (Wildman–Crippen MR) is 75.3 cm³/mol. The Kier molecular flexibility index (Phi) is 4.60. The minimum atomic E-state index is 0.100. The molecule has 0 aliphatic carbocycles. The van der Waals surface area contributed by atoms with Crippen molar-refractivity contribution in [1.29, 1.82) is 0 Å². The lowest BCUT2D eigenvalue weighted by Crippen LogP contribution is -2.36. The SMILES string of the molecule is CN(Cc1ccnc(C2CCCO2)n1)C1CCOCC1. The van der Waals surface area contributed by atoms with Crippen LogP contribution in [0.3, 0.4) is 0 Å². The highest BCUT2D eigenvalue weighted by molar-refractivity contribution is 5.05. The van der Waals surface area contributed by atoms with Crippen LogP contribution in [0.4, 0.5) is 0 Å². The third-order valence-electron chi connectivity index (χ3n) is 4.18. The molecule has 2 fully saturated rings. The zero-order valence-corrected chi connectivity index (χ0v) is 12.1. The van der Waals surface area contributed by atoms with Crippen LogP contribution in [0.25, 0.3) is 0 Å². The van der Waals surface area contributed by atoms with Gasteiger partial charge in [0.25, 0.3) is 0 Å². The van der Waals surface area contributed by atoms with Gasteiger partial charge in [-0.05, 0) is 38.8 Å². The smallest absolute Gasteiger partial charge is 0.157 e. The molecule has 0 bridgehead atoms. The van der Waals surface area contributed by atoms with E-state index in [9.17, 15) is 0 Å². The third-order valence-corrected chi connectivity index (χ3v) is 4.18. The minimum absolute atomic E-state index is 0.100. The van der Waals surface area contributed by atoms with E-state index in [4.69, 9.17) is 9.47 Å². The van der Waals surface area contributed by atoms with E-state index < -0.39 is 0 Å². The van der Waals surface area contributed by atoms with Gasteiger partial charge in [0.1, 0.15) is 6.10 Å². The number of nitrogens with zero attached hydrogens (tertiary/aromatic N) is 3. The molecule has 0 radical (unpaired) electrons. The zero-order chi connectivity index (χ0) is 13.8. The topological polar surface area (TPSA) is 47.5 Å². The Bertz CT molecular complexity index is 429. The highest BCUT2D eigenvalue weighted by Gasteiger charge is 2.22. The van der Waals surface area contributed by atoms with E-state index in [1.54, 1.807) is 0 Å². The molecule has 0 spiro atoms. The standard InChI is InChI=1S/C15H23N3O2/c1-18(13-5-9-19-10-6-13)11-12-4-7-16-15(17-12)14-3-2-8-20-14/h4,7,13-14H,2-3,5-6,8-11H2,1H3. The van der Waals surface area contributed by atoms with Crippen LogP contribution in [-0.2, 0) is 16.0 Å². The summed E-state index contributed by atoms with van der Waals surface area (Å²) in [5.74, 6) is 0.848. The van der Waals surface area contributed by atoms with Gasteiger partial charge in [-0.3, -0.25) is 4.90 Å². The summed E-state index contributed by atoms with van der Waals surface area (Å²) in [6.45, 7) is 3.45. The van der Waals surface area contributed by atoms with Crippen molar-refractivity contribution in [3.05, 3.63) is 23.8 Å². The third kappa shape index (κ3) is 3.34. The molecule has 0 aromatic carbocycles. The number of hydrogen-bond donors (Lipinski definition) is 0. The number of rotatable bonds is 4. The molecule has 20 heavy (non-hydrogen) atoms. The number of aromatic nitrogens is 2. The van der Waals surface area contributed by atoms with Gasteiger partial charge in [-0.25, -0.2) is 9.97 Å². The average Bonchev–Trinajstić information content (AvgIpc) is 3.03. The molecule has 0 saturated carbocycles. The van der Waals surface area contributed by atoms with Crippen molar-refractivity contribution < 1.29 is 9.47 Å². The van der Waals surface area contributed by atoms with Crippen LogP contribution < -0.4 is 0 Å². The molecule has 3 rings (SSSR count). The molecular weight excluding hydrogens is 254 g/mol. The quantitative estimate of drug-likeness (QED) is 0.841. The van der Waals surface area contributed by atoms with Crippen LogP contribution in [0, 0.1) is 0 Å². The van der Waals surface area contributed by atoms with Crippen molar-refractivity contribution in [2.45, 2.75) is 44.4 Å². The fourth-order valence-corrected chi connectivity index (χ4v) is 2.95. The summed E-state index contributed by atoms with van der Waals surface area (Å²) in [4.78, 5) is 11.4. The normalized spacial score (nSPS) is 24.4. The molecule has 1 unspecified atom stereocenters. The predicted octanol–water partition coefficient (Wildman–Crippen LogP) is 1.94. The molecule has 5 nitrogen and oxygen atoms in total. The van der Waals surface area contributed by atoms with Gasteiger partial charge in [0.2, 0.25) is 0 Å². The molecule has 1 aromatic heterocycles. The van der Waals surface area contributed by atoms with Gasteiger partial charge in [-0.1, -0.05) is 0 Å². The zero-order valence-electron chi connectivity index (χ0n) is 12.1. The molecule has 3 heterocycles. The second kappa shape index (κ2) is 6.61. The first-order valence-corrected chi connectivity index (χ1v) is 7.54. The Morgan fingerprint density at radius 3 is 2.85 bits per heavy atom. The van der Waals surface area contributed by atoms with Crippen molar-refractivity contribution in [1.82, 2.24) is 14.9 Å². The first-order valence-electron chi connectivity index (χ1n) is 7.54. The van der Waals surface area contributed by atoms with Crippen LogP contribution in [0.2, 0.25) is 0 Å². The van der Waals surface area contributed by atoms with E-state index in [2.05, 4.69) is 21.9 Å². The van der Waals surface area contributed by atoms with E-state index in [0.29, 0.717) is 6.04 Å². The lowest BCUT2D eigenvalue weighted by Gasteiger charge is -2.30. The van der Waals surface area contributed by atoms with Crippen molar-refractivity contribution in [2.75, 3.05) is 26.9 Å². The number of hydrogen-bond acceptors (Lipinski definition) is 5. The van der Waals surface area contributed by atoms with Gasteiger partial charge in [0, 0.05) is 38.6 Å². The Morgan fingerprint density at radius 2 is 2.10 bits per heavy atom. The van der Waals surface area contributed by atoms with Crippen LogP contribution in [-0.4, -0.2) is 47.8 Å². The molecule has 2 aliphatic heterocycles. The molecule has 5 heteroatoms. The number of ether oxygens (including phenoxy) is 2.